The van der Waals surface area contributed by atoms with E-state index >= 15 is 0 Å². The summed E-state index contributed by atoms with van der Waals surface area (Å²) in [5.41, 5.74) is 1.80. The molecule has 0 saturated carbocycles. The number of hydrogen-bond donors (Lipinski definition) is 2. The third-order valence-electron chi connectivity index (χ3n) is 4.54. The number of carboxylic acids is 1. The van der Waals surface area contributed by atoms with Crippen molar-refractivity contribution in [3.05, 3.63) is 79.2 Å². The molecule has 0 spiro atoms. The Morgan fingerprint density at radius 3 is 2.50 bits per heavy atom. The minimum absolute atomic E-state index is 0.153. The number of aromatic amines is 1. The van der Waals surface area contributed by atoms with Crippen LogP contribution in [0.5, 0.6) is 0 Å². The fourth-order valence-electron chi connectivity index (χ4n) is 3.17. The molecular formula is C20H16N2O5S. The van der Waals surface area contributed by atoms with Crippen molar-refractivity contribution in [3.8, 4) is 11.1 Å². The second-order valence-electron chi connectivity index (χ2n) is 6.50. The number of nitrogens with one attached hydrogen (secondary N) is 1. The highest BCUT2D eigenvalue weighted by atomic mass is 32.1. The number of rotatable bonds is 4. The molecule has 7 nitrogen and oxygen atoms in total. The highest BCUT2D eigenvalue weighted by Crippen LogP contribution is 2.35. The first-order valence-electron chi connectivity index (χ1n) is 8.50. The number of thiophene rings is 1. The van der Waals surface area contributed by atoms with Gasteiger partial charge in [-0.3, -0.25) is 14.3 Å². The molecule has 0 aliphatic carbocycles. The summed E-state index contributed by atoms with van der Waals surface area (Å²) in [6.45, 7) is 3.74. The van der Waals surface area contributed by atoms with E-state index in [2.05, 4.69) is 4.98 Å². The summed E-state index contributed by atoms with van der Waals surface area (Å²) in [5.74, 6) is -1.24. The van der Waals surface area contributed by atoms with Crippen LogP contribution in [0.25, 0.3) is 21.3 Å². The van der Waals surface area contributed by atoms with Crippen molar-refractivity contribution in [1.82, 2.24) is 9.55 Å². The Kier molecular flexibility index (Phi) is 4.27. The molecule has 4 aromatic rings. The maximum atomic E-state index is 13.2. The third kappa shape index (κ3) is 2.97. The number of fused-ring (bicyclic) bond motifs is 1. The highest BCUT2D eigenvalue weighted by molar-refractivity contribution is 7.19. The van der Waals surface area contributed by atoms with Crippen molar-refractivity contribution < 1.29 is 14.3 Å². The first-order chi connectivity index (χ1) is 13.3. The van der Waals surface area contributed by atoms with Crippen LogP contribution in [0.2, 0.25) is 0 Å². The van der Waals surface area contributed by atoms with Gasteiger partial charge in [-0.05, 0) is 31.5 Å². The summed E-state index contributed by atoms with van der Waals surface area (Å²) in [6, 6.07) is 10.6. The molecule has 28 heavy (non-hydrogen) atoms. The van der Waals surface area contributed by atoms with E-state index in [0.717, 1.165) is 26.1 Å². The van der Waals surface area contributed by atoms with Crippen LogP contribution in [0, 0.1) is 13.8 Å². The molecule has 4 rings (SSSR count). The number of H-pyrrole nitrogens is 1. The lowest BCUT2D eigenvalue weighted by Crippen LogP contribution is -2.35. The van der Waals surface area contributed by atoms with E-state index in [-0.39, 0.29) is 18.1 Å². The van der Waals surface area contributed by atoms with Crippen molar-refractivity contribution in [2.24, 2.45) is 0 Å². The van der Waals surface area contributed by atoms with Gasteiger partial charge in [0, 0.05) is 10.4 Å². The van der Waals surface area contributed by atoms with Crippen LogP contribution >= 0.6 is 11.3 Å². The lowest BCUT2D eigenvalue weighted by Gasteiger charge is -2.05. The topological polar surface area (TPSA) is 105 Å². The van der Waals surface area contributed by atoms with Crippen LogP contribution in [0.1, 0.15) is 26.8 Å². The van der Waals surface area contributed by atoms with E-state index in [9.17, 15) is 14.4 Å². The van der Waals surface area contributed by atoms with Crippen LogP contribution < -0.4 is 11.2 Å². The van der Waals surface area contributed by atoms with Crippen molar-refractivity contribution in [2.45, 2.75) is 20.4 Å². The molecule has 0 amide bonds. The molecule has 0 bridgehead atoms. The highest BCUT2D eigenvalue weighted by Gasteiger charge is 2.19. The number of nitrogens with zero attached hydrogens (tertiary/aromatic N) is 1. The Morgan fingerprint density at radius 2 is 1.86 bits per heavy atom. The Hall–Kier alpha value is -3.39. The second-order valence-corrected chi connectivity index (χ2v) is 7.72. The molecular weight excluding hydrogens is 380 g/mol. The summed E-state index contributed by atoms with van der Waals surface area (Å²) >= 11 is 1.36. The number of aryl methyl sites for hydroxylation is 2. The minimum Gasteiger partial charge on any atom is -0.475 e. The molecule has 8 heteroatoms. The largest absolute Gasteiger partial charge is 0.475 e. The minimum atomic E-state index is -1.21. The van der Waals surface area contributed by atoms with E-state index < -0.39 is 17.2 Å². The van der Waals surface area contributed by atoms with Gasteiger partial charge < -0.3 is 9.52 Å². The van der Waals surface area contributed by atoms with Crippen LogP contribution in [0.3, 0.4) is 0 Å². The van der Waals surface area contributed by atoms with E-state index in [4.69, 9.17) is 9.52 Å². The zero-order chi connectivity index (χ0) is 20.0. The van der Waals surface area contributed by atoms with Gasteiger partial charge in [0.1, 0.15) is 10.6 Å². The van der Waals surface area contributed by atoms with Crippen molar-refractivity contribution >= 4 is 27.5 Å². The van der Waals surface area contributed by atoms with Gasteiger partial charge in [0.25, 0.3) is 5.56 Å². The van der Waals surface area contributed by atoms with Crippen LogP contribution in [-0.2, 0) is 6.54 Å². The summed E-state index contributed by atoms with van der Waals surface area (Å²) in [6.07, 6.45) is 0. The van der Waals surface area contributed by atoms with Gasteiger partial charge in [-0.1, -0.05) is 29.8 Å². The van der Waals surface area contributed by atoms with E-state index in [1.54, 1.807) is 0 Å². The number of furan rings is 1. The fourth-order valence-corrected chi connectivity index (χ4v) is 4.23. The number of hydrogen-bond acceptors (Lipinski definition) is 5. The maximum Gasteiger partial charge on any atom is 0.371 e. The lowest BCUT2D eigenvalue weighted by atomic mass is 10.0. The van der Waals surface area contributed by atoms with Gasteiger partial charge in [0.15, 0.2) is 0 Å². The molecule has 0 unspecified atom stereocenters. The van der Waals surface area contributed by atoms with E-state index in [0.29, 0.717) is 10.2 Å². The van der Waals surface area contributed by atoms with Gasteiger partial charge in [0.05, 0.1) is 11.9 Å². The molecule has 1 aromatic carbocycles. The van der Waals surface area contributed by atoms with Gasteiger partial charge >= 0.3 is 11.7 Å². The molecule has 0 aliphatic rings. The summed E-state index contributed by atoms with van der Waals surface area (Å²) in [5, 5.41) is 9.41. The number of benzene rings is 1. The first kappa shape index (κ1) is 18.0. The summed E-state index contributed by atoms with van der Waals surface area (Å²) < 4.78 is 6.22. The molecule has 0 fully saturated rings. The normalized spacial score (nSPS) is 11.2. The third-order valence-corrected chi connectivity index (χ3v) is 5.56. The summed E-state index contributed by atoms with van der Waals surface area (Å²) in [7, 11) is 0. The molecule has 0 aliphatic heterocycles. The zero-order valence-corrected chi connectivity index (χ0v) is 15.9. The average Bonchev–Trinajstić information content (AvgIpc) is 3.24. The van der Waals surface area contributed by atoms with E-state index in [1.807, 2.05) is 38.1 Å². The van der Waals surface area contributed by atoms with Crippen LogP contribution in [0.15, 0.2) is 50.4 Å². The van der Waals surface area contributed by atoms with Crippen LogP contribution in [-0.4, -0.2) is 20.6 Å². The second kappa shape index (κ2) is 6.65. The SMILES string of the molecule is Cc1ccc(-c2c(C)sc3[nH]c(=O)n(Cc4ccc(C(=O)O)o4)c(=O)c23)cc1. The number of carbonyl (C=O) groups is 1. The maximum absolute atomic E-state index is 13.2. The number of aromatic nitrogens is 2. The van der Waals surface area contributed by atoms with Gasteiger partial charge in [0.2, 0.25) is 5.76 Å². The molecule has 0 atom stereocenters. The van der Waals surface area contributed by atoms with Crippen molar-refractivity contribution in [1.29, 1.82) is 0 Å². The zero-order valence-electron chi connectivity index (χ0n) is 15.1. The lowest BCUT2D eigenvalue weighted by molar-refractivity contribution is 0.0660. The van der Waals surface area contributed by atoms with Gasteiger partial charge in [-0.2, -0.15) is 0 Å². The quantitative estimate of drug-likeness (QED) is 0.550. The standard InChI is InChI=1S/C20H16N2O5S/c1-10-3-5-12(6-4-10)15-11(2)28-17-16(15)18(23)22(20(26)21-17)9-13-7-8-14(27-13)19(24)25/h3-8H,9H2,1-2H3,(H,21,26)(H,24,25). The average molecular weight is 396 g/mol. The Balaban J connectivity index is 1.90. The van der Waals surface area contributed by atoms with E-state index in [1.165, 1.54) is 23.5 Å². The monoisotopic (exact) mass is 396 g/mol. The Bertz CT molecular complexity index is 1320. The van der Waals surface area contributed by atoms with Gasteiger partial charge in [-0.25, -0.2) is 9.59 Å². The molecule has 0 saturated heterocycles. The fraction of sp³-hybridized carbons (Fsp3) is 0.150. The summed E-state index contributed by atoms with van der Waals surface area (Å²) in [4.78, 5) is 40.8. The predicted molar refractivity (Wildman–Crippen MR) is 106 cm³/mol. The predicted octanol–water partition coefficient (Wildman–Crippen LogP) is 3.37. The Morgan fingerprint density at radius 1 is 1.14 bits per heavy atom. The van der Waals surface area contributed by atoms with Gasteiger partial charge in [-0.15, -0.1) is 11.3 Å². The molecule has 142 valence electrons. The van der Waals surface area contributed by atoms with Crippen molar-refractivity contribution in [2.75, 3.05) is 0 Å². The smallest absolute Gasteiger partial charge is 0.371 e. The number of aromatic carboxylic acids is 1. The molecule has 2 N–H and O–H groups in total. The molecule has 3 aromatic heterocycles. The Labute approximate surface area is 162 Å². The van der Waals surface area contributed by atoms with Crippen molar-refractivity contribution in [3.63, 3.8) is 0 Å². The molecule has 3 heterocycles. The number of carboxylic acid groups (broad SMARTS) is 1. The van der Waals surface area contributed by atoms with Crippen LogP contribution in [0.4, 0.5) is 0 Å². The first-order valence-corrected chi connectivity index (χ1v) is 9.32. The molecule has 0 radical (unpaired) electrons.